The van der Waals surface area contributed by atoms with Gasteiger partial charge in [-0.2, -0.15) is 0 Å². The van der Waals surface area contributed by atoms with Gasteiger partial charge in [-0.1, -0.05) is 13.3 Å². The van der Waals surface area contributed by atoms with Crippen molar-refractivity contribution < 1.29 is 4.79 Å². The molecule has 2 unspecified atom stereocenters. The summed E-state index contributed by atoms with van der Waals surface area (Å²) in [6.07, 6.45) is 4.02. The predicted molar refractivity (Wildman–Crippen MR) is 66.2 cm³/mol. The summed E-state index contributed by atoms with van der Waals surface area (Å²) in [4.78, 5) is 16.2. The van der Waals surface area contributed by atoms with Gasteiger partial charge in [0, 0.05) is 19.6 Å². The number of nitrogens with two attached hydrogens (primary N) is 1. The van der Waals surface area contributed by atoms with Crippen LogP contribution in [0, 0.1) is 0 Å². The van der Waals surface area contributed by atoms with Gasteiger partial charge < -0.3 is 15.5 Å². The molecule has 0 aromatic heterocycles. The first-order valence-corrected chi connectivity index (χ1v) is 6.27. The van der Waals surface area contributed by atoms with E-state index in [1.165, 1.54) is 6.42 Å². The fourth-order valence-electron chi connectivity index (χ4n) is 2.33. The number of amides is 1. The number of hydrogen-bond donors (Lipinski definition) is 1. The average Bonchev–Trinajstić information content (AvgIpc) is 2.27. The van der Waals surface area contributed by atoms with E-state index in [0.29, 0.717) is 6.04 Å². The van der Waals surface area contributed by atoms with Gasteiger partial charge in [-0.05, 0) is 32.9 Å². The maximum atomic E-state index is 12.0. The summed E-state index contributed by atoms with van der Waals surface area (Å²) in [7, 11) is 4.00. The Labute approximate surface area is 98.8 Å². The first-order chi connectivity index (χ1) is 7.56. The minimum Gasteiger partial charge on any atom is -0.340 e. The van der Waals surface area contributed by atoms with Crippen LogP contribution in [-0.4, -0.2) is 55.0 Å². The molecule has 1 rings (SSSR count). The van der Waals surface area contributed by atoms with Gasteiger partial charge in [0.2, 0.25) is 5.91 Å². The van der Waals surface area contributed by atoms with Crippen LogP contribution < -0.4 is 5.73 Å². The lowest BCUT2D eigenvalue weighted by Gasteiger charge is -2.36. The van der Waals surface area contributed by atoms with E-state index in [4.69, 9.17) is 5.73 Å². The van der Waals surface area contributed by atoms with E-state index in [9.17, 15) is 4.79 Å². The molecule has 0 radical (unpaired) electrons. The zero-order valence-corrected chi connectivity index (χ0v) is 10.8. The first-order valence-electron chi connectivity index (χ1n) is 6.27. The van der Waals surface area contributed by atoms with Crippen LogP contribution >= 0.6 is 0 Å². The van der Waals surface area contributed by atoms with Gasteiger partial charge in [0.05, 0.1) is 6.04 Å². The Balaban J connectivity index is 2.48. The van der Waals surface area contributed by atoms with Gasteiger partial charge in [0.15, 0.2) is 0 Å². The maximum absolute atomic E-state index is 12.0. The minimum atomic E-state index is -0.317. The maximum Gasteiger partial charge on any atom is 0.239 e. The van der Waals surface area contributed by atoms with Crippen molar-refractivity contribution in [3.05, 3.63) is 0 Å². The number of hydrogen-bond acceptors (Lipinski definition) is 3. The van der Waals surface area contributed by atoms with Crippen molar-refractivity contribution in [2.75, 3.05) is 27.2 Å². The normalized spacial score (nSPS) is 24.1. The van der Waals surface area contributed by atoms with Crippen molar-refractivity contribution in [2.45, 2.75) is 44.7 Å². The van der Waals surface area contributed by atoms with Gasteiger partial charge in [-0.15, -0.1) is 0 Å². The lowest BCUT2D eigenvalue weighted by atomic mass is 10.0. The molecule has 0 saturated carbocycles. The standard InChI is InChI=1S/C12H25N3O/c1-4-6-11(13)12(16)15(3)10-7-5-8-14(2)9-10/h10-11H,4-9,13H2,1-3H3. The molecule has 2 atom stereocenters. The van der Waals surface area contributed by atoms with Crippen LogP contribution in [0.5, 0.6) is 0 Å². The highest BCUT2D eigenvalue weighted by atomic mass is 16.2. The van der Waals surface area contributed by atoms with Gasteiger partial charge >= 0.3 is 0 Å². The van der Waals surface area contributed by atoms with E-state index < -0.39 is 0 Å². The van der Waals surface area contributed by atoms with E-state index in [0.717, 1.165) is 32.4 Å². The molecule has 1 aliphatic heterocycles. The molecule has 1 saturated heterocycles. The fraction of sp³-hybridized carbons (Fsp3) is 0.917. The molecular weight excluding hydrogens is 202 g/mol. The van der Waals surface area contributed by atoms with Crippen LogP contribution in [0.2, 0.25) is 0 Å². The molecule has 0 aliphatic carbocycles. The van der Waals surface area contributed by atoms with Gasteiger partial charge in [0.1, 0.15) is 0 Å². The Bertz CT molecular complexity index is 232. The predicted octanol–water partition coefficient (Wildman–Crippen LogP) is 0.666. The summed E-state index contributed by atoms with van der Waals surface area (Å²) >= 11 is 0. The van der Waals surface area contributed by atoms with E-state index in [1.807, 2.05) is 11.9 Å². The molecule has 1 fully saturated rings. The summed E-state index contributed by atoms with van der Waals surface area (Å²) in [5.74, 6) is 0.0992. The number of nitrogens with zero attached hydrogens (tertiary/aromatic N) is 2. The smallest absolute Gasteiger partial charge is 0.239 e. The molecule has 4 heteroatoms. The summed E-state index contributed by atoms with van der Waals surface area (Å²) in [5, 5.41) is 0. The minimum absolute atomic E-state index is 0.0992. The largest absolute Gasteiger partial charge is 0.340 e. The second-order valence-corrected chi connectivity index (χ2v) is 4.90. The van der Waals surface area contributed by atoms with Crippen LogP contribution in [-0.2, 0) is 4.79 Å². The second-order valence-electron chi connectivity index (χ2n) is 4.90. The van der Waals surface area contributed by atoms with Crippen LogP contribution in [0.3, 0.4) is 0 Å². The Hall–Kier alpha value is -0.610. The quantitative estimate of drug-likeness (QED) is 0.768. The molecule has 0 bridgehead atoms. The van der Waals surface area contributed by atoms with Gasteiger partial charge in [0.25, 0.3) is 0 Å². The van der Waals surface area contributed by atoms with E-state index >= 15 is 0 Å². The van der Waals surface area contributed by atoms with E-state index in [-0.39, 0.29) is 11.9 Å². The summed E-state index contributed by atoms with van der Waals surface area (Å²) in [5.41, 5.74) is 5.87. The lowest BCUT2D eigenvalue weighted by Crippen LogP contribution is -2.51. The molecule has 1 heterocycles. The summed E-state index contributed by atoms with van der Waals surface area (Å²) in [6, 6.07) is 0.0244. The highest BCUT2D eigenvalue weighted by Crippen LogP contribution is 2.14. The highest BCUT2D eigenvalue weighted by molar-refractivity contribution is 5.81. The first kappa shape index (κ1) is 13.5. The van der Waals surface area contributed by atoms with E-state index in [2.05, 4.69) is 18.9 Å². The molecule has 2 N–H and O–H groups in total. The van der Waals surface area contributed by atoms with Crippen LogP contribution in [0.1, 0.15) is 32.6 Å². The van der Waals surface area contributed by atoms with Crippen molar-refractivity contribution in [3.63, 3.8) is 0 Å². The fourth-order valence-corrected chi connectivity index (χ4v) is 2.33. The topological polar surface area (TPSA) is 49.6 Å². The zero-order chi connectivity index (χ0) is 12.1. The van der Waals surface area contributed by atoms with E-state index in [1.54, 1.807) is 0 Å². The molecule has 1 aliphatic rings. The van der Waals surface area contributed by atoms with Crippen molar-refractivity contribution in [2.24, 2.45) is 5.73 Å². The van der Waals surface area contributed by atoms with Crippen molar-refractivity contribution >= 4 is 5.91 Å². The van der Waals surface area contributed by atoms with Gasteiger partial charge in [-0.3, -0.25) is 4.79 Å². The third kappa shape index (κ3) is 3.46. The van der Waals surface area contributed by atoms with Crippen molar-refractivity contribution in [1.29, 1.82) is 0 Å². The molecule has 1 amide bonds. The summed E-state index contributed by atoms with van der Waals surface area (Å²) < 4.78 is 0. The Morgan fingerprint density at radius 1 is 1.62 bits per heavy atom. The second kappa shape index (κ2) is 6.21. The van der Waals surface area contributed by atoms with Gasteiger partial charge in [-0.25, -0.2) is 0 Å². The Morgan fingerprint density at radius 3 is 2.88 bits per heavy atom. The Kier molecular flexibility index (Phi) is 5.22. The molecule has 94 valence electrons. The number of carbonyl (C=O) groups excluding carboxylic acids is 1. The number of likely N-dealkylation sites (tertiary alicyclic amines) is 1. The number of piperidine rings is 1. The monoisotopic (exact) mass is 227 g/mol. The van der Waals surface area contributed by atoms with Crippen molar-refractivity contribution in [1.82, 2.24) is 9.80 Å². The SMILES string of the molecule is CCCC(N)C(=O)N(C)C1CCCN(C)C1. The molecule has 16 heavy (non-hydrogen) atoms. The number of carbonyl (C=O) groups is 1. The number of rotatable bonds is 4. The number of likely N-dealkylation sites (N-methyl/N-ethyl adjacent to an activating group) is 2. The van der Waals surface area contributed by atoms with Crippen LogP contribution in [0.4, 0.5) is 0 Å². The highest BCUT2D eigenvalue weighted by Gasteiger charge is 2.26. The molecule has 0 aromatic carbocycles. The zero-order valence-electron chi connectivity index (χ0n) is 10.8. The third-order valence-electron chi connectivity index (χ3n) is 3.41. The molecule has 0 spiro atoms. The Morgan fingerprint density at radius 2 is 2.31 bits per heavy atom. The summed E-state index contributed by atoms with van der Waals surface area (Å²) in [6.45, 7) is 4.17. The van der Waals surface area contributed by atoms with Crippen LogP contribution in [0.15, 0.2) is 0 Å². The molecular formula is C12H25N3O. The van der Waals surface area contributed by atoms with Crippen molar-refractivity contribution in [3.8, 4) is 0 Å². The third-order valence-corrected chi connectivity index (χ3v) is 3.41. The molecule has 4 nitrogen and oxygen atoms in total. The molecule has 0 aromatic rings. The average molecular weight is 227 g/mol. The van der Waals surface area contributed by atoms with Crippen LogP contribution in [0.25, 0.3) is 0 Å². The lowest BCUT2D eigenvalue weighted by molar-refractivity contribution is -0.134.